The van der Waals surface area contributed by atoms with E-state index in [1.165, 1.54) is 11.3 Å². The summed E-state index contributed by atoms with van der Waals surface area (Å²) in [6.45, 7) is 5.83. The van der Waals surface area contributed by atoms with Crippen LogP contribution in [-0.2, 0) is 9.53 Å². The van der Waals surface area contributed by atoms with E-state index in [0.29, 0.717) is 6.61 Å². The van der Waals surface area contributed by atoms with Gasteiger partial charge in [-0.3, -0.25) is 4.79 Å². The van der Waals surface area contributed by atoms with E-state index in [4.69, 9.17) is 0 Å². The molecule has 0 spiro atoms. The monoisotopic (exact) mass is 371 g/mol. The molecule has 0 bridgehead atoms. The van der Waals surface area contributed by atoms with E-state index in [1.807, 2.05) is 37.3 Å². The molecular weight excluding hydrogens is 354 g/mol. The number of alkyl halides is 1. The number of thiazole rings is 1. The first-order valence-electron chi connectivity index (χ1n) is 6.48. The van der Waals surface area contributed by atoms with Crippen LogP contribution in [0.15, 0.2) is 30.3 Å². The van der Waals surface area contributed by atoms with Crippen molar-refractivity contribution >= 4 is 33.2 Å². The number of ether oxygens (including phenoxy) is 1. The Bertz CT molecular complexity index is 550. The van der Waals surface area contributed by atoms with Crippen LogP contribution in [0.25, 0.3) is 10.6 Å². The van der Waals surface area contributed by atoms with Crippen molar-refractivity contribution in [2.75, 3.05) is 6.61 Å². The first kappa shape index (κ1) is 17.7. The summed E-state index contributed by atoms with van der Waals surface area (Å²) >= 11 is 4.57. The molecule has 1 atom stereocenters. The minimum atomic E-state index is -0.201. The van der Waals surface area contributed by atoms with Crippen LogP contribution in [0.4, 0.5) is 0 Å². The smallest absolute Gasteiger partial charge is 0.319 e. The van der Waals surface area contributed by atoms with Gasteiger partial charge in [0.15, 0.2) is 0 Å². The Labute approximate surface area is 136 Å². The number of carbonyl (C=O) groups excluding carboxylic acids is 1. The lowest BCUT2D eigenvalue weighted by Crippen LogP contribution is -2.13. The summed E-state index contributed by atoms with van der Waals surface area (Å²) in [7, 11) is 0. The van der Waals surface area contributed by atoms with Crippen molar-refractivity contribution in [2.24, 2.45) is 0 Å². The summed E-state index contributed by atoms with van der Waals surface area (Å²) in [4.78, 5) is 15.2. The molecule has 4 nitrogen and oxygen atoms in total. The lowest BCUT2D eigenvalue weighted by Gasteiger charge is -2.00. The molecule has 1 heterocycles. The number of rotatable bonds is 3. The molecule has 1 unspecified atom stereocenters. The third-order valence-corrected chi connectivity index (χ3v) is 3.79. The Morgan fingerprint density at radius 3 is 2.43 bits per heavy atom. The van der Waals surface area contributed by atoms with Crippen molar-refractivity contribution in [1.82, 2.24) is 4.98 Å². The zero-order valence-electron chi connectivity index (χ0n) is 12.2. The molecule has 1 aromatic carbocycles. The van der Waals surface area contributed by atoms with E-state index in [1.54, 1.807) is 13.8 Å². The Kier molecular flexibility index (Phi) is 7.39. The summed E-state index contributed by atoms with van der Waals surface area (Å²) in [5, 5.41) is 10.2. The number of nitrogens with zero attached hydrogens (tertiary/aromatic N) is 1. The summed E-state index contributed by atoms with van der Waals surface area (Å²) in [6, 6.07) is 9.85. The van der Waals surface area contributed by atoms with Gasteiger partial charge in [-0.1, -0.05) is 46.3 Å². The van der Waals surface area contributed by atoms with Crippen molar-refractivity contribution in [1.29, 1.82) is 0 Å². The second-order valence-electron chi connectivity index (χ2n) is 4.13. The fourth-order valence-corrected chi connectivity index (χ4v) is 2.29. The number of benzene rings is 1. The van der Waals surface area contributed by atoms with Crippen LogP contribution < -0.4 is 0 Å². The van der Waals surface area contributed by atoms with E-state index >= 15 is 0 Å². The largest absolute Gasteiger partial charge is 0.492 e. The normalized spacial score (nSPS) is 11.2. The Hall–Kier alpha value is -1.40. The molecular formula is C15H18BrNO3S. The number of hydrogen-bond acceptors (Lipinski definition) is 5. The molecule has 114 valence electrons. The van der Waals surface area contributed by atoms with Crippen LogP contribution in [0.1, 0.15) is 18.7 Å². The molecule has 0 aliphatic rings. The van der Waals surface area contributed by atoms with E-state index in [0.717, 1.165) is 15.4 Å². The van der Waals surface area contributed by atoms with Gasteiger partial charge in [0.25, 0.3) is 0 Å². The molecule has 0 fully saturated rings. The Morgan fingerprint density at radius 1 is 1.43 bits per heavy atom. The predicted molar refractivity (Wildman–Crippen MR) is 89.0 cm³/mol. The summed E-state index contributed by atoms with van der Waals surface area (Å²) in [5.41, 5.74) is 1.05. The predicted octanol–water partition coefficient (Wildman–Crippen LogP) is 4.16. The maximum absolute atomic E-state index is 10.5. The quantitative estimate of drug-likeness (QED) is 0.649. The van der Waals surface area contributed by atoms with Crippen molar-refractivity contribution in [3.8, 4) is 16.5 Å². The highest BCUT2D eigenvalue weighted by atomic mass is 79.9. The SMILES string of the molecule is CCOC(=O)C(C)Br.Cc1sc(-c2ccccc2)nc1O. The topological polar surface area (TPSA) is 59.4 Å². The molecule has 21 heavy (non-hydrogen) atoms. The maximum atomic E-state index is 10.5. The minimum absolute atomic E-state index is 0.142. The molecule has 0 saturated heterocycles. The number of aryl methyl sites for hydroxylation is 1. The van der Waals surface area contributed by atoms with Crippen LogP contribution in [0.3, 0.4) is 0 Å². The Morgan fingerprint density at radius 2 is 2.05 bits per heavy atom. The van der Waals surface area contributed by atoms with E-state index < -0.39 is 0 Å². The Balaban J connectivity index is 0.000000240. The van der Waals surface area contributed by atoms with Crippen LogP contribution in [0.2, 0.25) is 0 Å². The lowest BCUT2D eigenvalue weighted by atomic mass is 10.2. The molecule has 2 aromatic rings. The number of aromatic nitrogens is 1. The third kappa shape index (κ3) is 5.85. The summed E-state index contributed by atoms with van der Waals surface area (Å²) in [6.07, 6.45) is 0. The number of aromatic hydroxyl groups is 1. The van der Waals surface area contributed by atoms with Gasteiger partial charge in [0.2, 0.25) is 5.88 Å². The molecule has 2 rings (SSSR count). The van der Waals surface area contributed by atoms with E-state index in [9.17, 15) is 9.90 Å². The van der Waals surface area contributed by atoms with Crippen LogP contribution >= 0.6 is 27.3 Å². The van der Waals surface area contributed by atoms with Gasteiger partial charge in [0.05, 0.1) is 11.5 Å². The third-order valence-electron chi connectivity index (χ3n) is 2.40. The van der Waals surface area contributed by atoms with E-state index in [-0.39, 0.29) is 16.7 Å². The molecule has 0 aliphatic carbocycles. The fourth-order valence-electron chi connectivity index (χ4n) is 1.35. The lowest BCUT2D eigenvalue weighted by molar-refractivity contribution is -0.141. The highest BCUT2D eigenvalue weighted by Crippen LogP contribution is 2.30. The van der Waals surface area contributed by atoms with Gasteiger partial charge in [-0.25, -0.2) is 4.98 Å². The molecule has 1 N–H and O–H groups in total. The fraction of sp³-hybridized carbons (Fsp3) is 0.333. The second-order valence-corrected chi connectivity index (χ2v) is 6.71. The molecule has 1 aromatic heterocycles. The second kappa shape index (κ2) is 8.79. The van der Waals surface area contributed by atoms with Gasteiger partial charge in [0.1, 0.15) is 9.83 Å². The average molecular weight is 372 g/mol. The summed E-state index contributed by atoms with van der Waals surface area (Å²) < 4.78 is 4.62. The highest BCUT2D eigenvalue weighted by Gasteiger charge is 2.07. The van der Waals surface area contributed by atoms with E-state index in [2.05, 4.69) is 25.7 Å². The van der Waals surface area contributed by atoms with Gasteiger partial charge < -0.3 is 9.84 Å². The molecule has 0 saturated carbocycles. The molecule has 0 radical (unpaired) electrons. The van der Waals surface area contributed by atoms with Crippen molar-refractivity contribution in [3.05, 3.63) is 35.2 Å². The van der Waals surface area contributed by atoms with Gasteiger partial charge in [-0.2, -0.15) is 0 Å². The first-order valence-corrected chi connectivity index (χ1v) is 8.21. The van der Waals surface area contributed by atoms with Crippen LogP contribution in [0.5, 0.6) is 5.88 Å². The van der Waals surface area contributed by atoms with Gasteiger partial charge in [-0.05, 0) is 20.8 Å². The standard InChI is InChI=1S/C10H9NOS.C5H9BrO2/c1-7-9(12)11-10(13-7)8-5-3-2-4-6-8;1-3-8-5(7)4(2)6/h2-6,12H,1H3;4H,3H2,1-2H3. The average Bonchev–Trinajstić information content (AvgIpc) is 2.81. The molecule has 6 heteroatoms. The number of esters is 1. The zero-order chi connectivity index (χ0) is 15.8. The zero-order valence-corrected chi connectivity index (χ0v) is 14.6. The van der Waals surface area contributed by atoms with Crippen molar-refractivity contribution in [2.45, 2.75) is 25.6 Å². The maximum Gasteiger partial charge on any atom is 0.319 e. The highest BCUT2D eigenvalue weighted by molar-refractivity contribution is 9.10. The van der Waals surface area contributed by atoms with Crippen LogP contribution in [0, 0.1) is 6.92 Å². The first-order chi connectivity index (χ1) is 9.95. The number of carbonyl (C=O) groups is 1. The van der Waals surface area contributed by atoms with Crippen molar-refractivity contribution in [3.63, 3.8) is 0 Å². The van der Waals surface area contributed by atoms with Gasteiger partial charge >= 0.3 is 5.97 Å². The van der Waals surface area contributed by atoms with Crippen molar-refractivity contribution < 1.29 is 14.6 Å². The molecule has 0 aliphatic heterocycles. The molecule has 0 amide bonds. The van der Waals surface area contributed by atoms with Gasteiger partial charge in [-0.15, -0.1) is 11.3 Å². The number of hydrogen-bond donors (Lipinski definition) is 1. The van der Waals surface area contributed by atoms with Gasteiger partial charge in [0, 0.05) is 5.56 Å². The van der Waals surface area contributed by atoms with Crippen LogP contribution in [-0.4, -0.2) is 27.5 Å². The minimum Gasteiger partial charge on any atom is -0.492 e. The number of halogens is 1. The summed E-state index contributed by atoms with van der Waals surface area (Å²) in [5.74, 6) is -0.0589.